The van der Waals surface area contributed by atoms with Gasteiger partial charge in [0.15, 0.2) is 0 Å². The van der Waals surface area contributed by atoms with E-state index in [1.165, 1.54) is 6.07 Å². The number of rotatable bonds is 3. The standard InChI is InChI=1S/C11H8Br2FNO3/c12-3-5(16)4-15-9-2-8(14)7(13)1-6(9)10(17)11(15)18/h1-2,5,16H,3-4H2. The first-order valence-electron chi connectivity index (χ1n) is 5.05. The minimum absolute atomic E-state index is 0.0517. The highest BCUT2D eigenvalue weighted by Crippen LogP contribution is 2.33. The number of amides is 1. The molecule has 1 aromatic carbocycles. The van der Waals surface area contributed by atoms with Crippen LogP contribution in [0.4, 0.5) is 10.1 Å². The van der Waals surface area contributed by atoms with E-state index in [1.807, 2.05) is 0 Å². The number of alkyl halides is 1. The zero-order chi connectivity index (χ0) is 13.4. The van der Waals surface area contributed by atoms with Crippen molar-refractivity contribution < 1.29 is 19.1 Å². The first-order valence-corrected chi connectivity index (χ1v) is 6.96. The molecule has 0 aliphatic carbocycles. The number of carbonyl (C=O) groups is 2. The van der Waals surface area contributed by atoms with E-state index in [-0.39, 0.29) is 27.6 Å². The molecule has 0 spiro atoms. The molecule has 0 bridgehead atoms. The second-order valence-electron chi connectivity index (χ2n) is 3.84. The number of aliphatic hydroxyl groups is 1. The van der Waals surface area contributed by atoms with E-state index in [4.69, 9.17) is 0 Å². The van der Waals surface area contributed by atoms with E-state index in [0.29, 0.717) is 0 Å². The van der Waals surface area contributed by atoms with Crippen LogP contribution < -0.4 is 4.90 Å². The molecule has 0 saturated carbocycles. The molecule has 0 fully saturated rings. The summed E-state index contributed by atoms with van der Waals surface area (Å²) >= 11 is 6.04. The van der Waals surface area contributed by atoms with Crippen molar-refractivity contribution in [1.82, 2.24) is 0 Å². The van der Waals surface area contributed by atoms with Crippen LogP contribution in [0, 0.1) is 5.82 Å². The Morgan fingerprint density at radius 3 is 2.67 bits per heavy atom. The van der Waals surface area contributed by atoms with Crippen LogP contribution in [0.1, 0.15) is 10.4 Å². The van der Waals surface area contributed by atoms with Gasteiger partial charge in [-0.2, -0.15) is 0 Å². The highest BCUT2D eigenvalue weighted by atomic mass is 79.9. The topological polar surface area (TPSA) is 57.6 Å². The summed E-state index contributed by atoms with van der Waals surface area (Å²) in [4.78, 5) is 24.6. The lowest BCUT2D eigenvalue weighted by Gasteiger charge is -2.19. The maximum atomic E-state index is 13.5. The molecule has 2 rings (SSSR count). The number of fused-ring (bicyclic) bond motifs is 1. The van der Waals surface area contributed by atoms with E-state index < -0.39 is 23.6 Å². The summed E-state index contributed by atoms with van der Waals surface area (Å²) in [6, 6.07) is 2.40. The number of Topliss-reactive ketones (excluding diaryl/α,β-unsaturated/α-hetero) is 1. The van der Waals surface area contributed by atoms with E-state index in [9.17, 15) is 19.1 Å². The summed E-state index contributed by atoms with van der Waals surface area (Å²) < 4.78 is 13.6. The molecular weight excluding hydrogens is 373 g/mol. The molecule has 1 unspecified atom stereocenters. The second-order valence-corrected chi connectivity index (χ2v) is 5.34. The molecule has 1 aliphatic heterocycles. The molecule has 18 heavy (non-hydrogen) atoms. The van der Waals surface area contributed by atoms with Gasteiger partial charge in [-0.15, -0.1) is 0 Å². The van der Waals surface area contributed by atoms with Crippen LogP contribution in [0.2, 0.25) is 0 Å². The smallest absolute Gasteiger partial charge is 0.299 e. The van der Waals surface area contributed by atoms with Gasteiger partial charge in [0.05, 0.1) is 28.4 Å². The van der Waals surface area contributed by atoms with Crippen LogP contribution in [0.15, 0.2) is 16.6 Å². The highest BCUT2D eigenvalue weighted by Gasteiger charge is 2.37. The summed E-state index contributed by atoms with van der Waals surface area (Å²) in [5, 5.41) is 9.78. The fourth-order valence-electron chi connectivity index (χ4n) is 1.73. The predicted octanol–water partition coefficient (Wildman–Crippen LogP) is 1.87. The van der Waals surface area contributed by atoms with Gasteiger partial charge in [0, 0.05) is 5.33 Å². The predicted molar refractivity (Wildman–Crippen MR) is 70.6 cm³/mol. The summed E-state index contributed by atoms with van der Waals surface area (Å²) in [6.07, 6.45) is -0.820. The maximum Gasteiger partial charge on any atom is 0.299 e. The number of hydrogen-bond donors (Lipinski definition) is 1. The molecule has 0 aromatic heterocycles. The number of aliphatic hydroxyl groups excluding tert-OH is 1. The van der Waals surface area contributed by atoms with Crippen molar-refractivity contribution in [3.05, 3.63) is 28.0 Å². The largest absolute Gasteiger partial charge is 0.390 e. The van der Waals surface area contributed by atoms with Gasteiger partial charge in [-0.25, -0.2) is 4.39 Å². The first kappa shape index (κ1) is 13.6. The summed E-state index contributed by atoms with van der Waals surface area (Å²) in [6.45, 7) is -0.0517. The lowest BCUT2D eigenvalue weighted by atomic mass is 10.1. The normalized spacial score (nSPS) is 16.1. The molecule has 1 heterocycles. The average molecular weight is 381 g/mol. The van der Waals surface area contributed by atoms with Crippen LogP contribution in [-0.4, -0.2) is 34.8 Å². The third-order valence-corrected chi connectivity index (χ3v) is 3.94. The SMILES string of the molecule is O=C1C(=O)N(CC(O)CBr)c2cc(F)c(Br)cc21. The van der Waals surface area contributed by atoms with Crippen LogP contribution in [0.25, 0.3) is 0 Å². The van der Waals surface area contributed by atoms with Gasteiger partial charge in [-0.1, -0.05) is 15.9 Å². The maximum absolute atomic E-state index is 13.5. The summed E-state index contributed by atoms with van der Waals surface area (Å²) in [5.41, 5.74) is 0.348. The Hall–Kier alpha value is -0.790. The van der Waals surface area contributed by atoms with E-state index in [1.54, 1.807) is 0 Å². The molecule has 1 atom stereocenters. The monoisotopic (exact) mass is 379 g/mol. The molecule has 0 saturated heterocycles. The van der Waals surface area contributed by atoms with Crippen LogP contribution in [-0.2, 0) is 4.79 Å². The number of hydrogen-bond acceptors (Lipinski definition) is 3. The minimum Gasteiger partial charge on any atom is -0.390 e. The van der Waals surface area contributed by atoms with Gasteiger partial charge >= 0.3 is 0 Å². The Labute approximate surface area is 119 Å². The fraction of sp³-hybridized carbons (Fsp3) is 0.273. The van der Waals surface area contributed by atoms with Gasteiger partial charge in [-0.05, 0) is 28.1 Å². The molecule has 7 heteroatoms. The van der Waals surface area contributed by atoms with Crippen LogP contribution in [0.5, 0.6) is 0 Å². The average Bonchev–Trinajstić information content (AvgIpc) is 2.56. The number of carbonyl (C=O) groups excluding carboxylic acids is 2. The van der Waals surface area contributed by atoms with Crippen molar-refractivity contribution >= 4 is 49.2 Å². The highest BCUT2D eigenvalue weighted by molar-refractivity contribution is 9.10. The first-order chi connectivity index (χ1) is 8.45. The van der Waals surface area contributed by atoms with Gasteiger partial charge in [0.1, 0.15) is 5.82 Å². The number of halogens is 3. The fourth-order valence-corrected chi connectivity index (χ4v) is 2.28. The minimum atomic E-state index is -0.820. The Balaban J connectivity index is 2.45. The van der Waals surface area contributed by atoms with Crippen molar-refractivity contribution in [2.24, 2.45) is 0 Å². The Bertz CT molecular complexity index is 535. The number of nitrogens with zero attached hydrogens (tertiary/aromatic N) is 1. The lowest BCUT2D eigenvalue weighted by molar-refractivity contribution is -0.114. The van der Waals surface area contributed by atoms with E-state index in [0.717, 1.165) is 11.0 Å². The van der Waals surface area contributed by atoms with Crippen molar-refractivity contribution in [3.8, 4) is 0 Å². The molecule has 1 aromatic rings. The zero-order valence-electron chi connectivity index (χ0n) is 8.99. The van der Waals surface area contributed by atoms with Gasteiger partial charge in [0.25, 0.3) is 11.7 Å². The van der Waals surface area contributed by atoms with Gasteiger partial charge < -0.3 is 10.0 Å². The van der Waals surface area contributed by atoms with E-state index >= 15 is 0 Å². The summed E-state index contributed by atoms with van der Waals surface area (Å²) in [7, 11) is 0. The number of benzene rings is 1. The van der Waals surface area contributed by atoms with E-state index in [2.05, 4.69) is 31.9 Å². The Morgan fingerprint density at radius 2 is 2.06 bits per heavy atom. The van der Waals surface area contributed by atoms with Crippen molar-refractivity contribution in [2.75, 3.05) is 16.8 Å². The number of β-amino-alcohol motifs (C(OH)–C–C–N with tert-alkyl or cyclic N) is 1. The molecule has 1 N–H and O–H groups in total. The van der Waals surface area contributed by atoms with Crippen molar-refractivity contribution in [3.63, 3.8) is 0 Å². The number of anilines is 1. The number of ketones is 1. The second kappa shape index (κ2) is 5.07. The lowest BCUT2D eigenvalue weighted by Crippen LogP contribution is -2.37. The van der Waals surface area contributed by atoms with Gasteiger partial charge in [0.2, 0.25) is 0 Å². The zero-order valence-corrected chi connectivity index (χ0v) is 12.2. The van der Waals surface area contributed by atoms with Crippen LogP contribution in [0.3, 0.4) is 0 Å². The Morgan fingerprint density at radius 1 is 1.39 bits per heavy atom. The Kier molecular flexibility index (Phi) is 3.84. The third-order valence-electron chi connectivity index (χ3n) is 2.58. The van der Waals surface area contributed by atoms with Crippen molar-refractivity contribution in [2.45, 2.75) is 6.10 Å². The molecule has 1 aliphatic rings. The molecule has 4 nitrogen and oxygen atoms in total. The molecule has 96 valence electrons. The third kappa shape index (κ3) is 2.22. The quantitative estimate of drug-likeness (QED) is 0.643. The van der Waals surface area contributed by atoms with Gasteiger partial charge in [-0.3, -0.25) is 9.59 Å². The van der Waals surface area contributed by atoms with Crippen molar-refractivity contribution in [1.29, 1.82) is 0 Å². The molecule has 0 radical (unpaired) electrons. The molecule has 1 amide bonds. The summed E-state index contributed by atoms with van der Waals surface area (Å²) in [5.74, 6) is -2.00. The van der Waals surface area contributed by atoms with Crippen LogP contribution >= 0.6 is 31.9 Å². The molecular formula is C11H8Br2FNO3.